The van der Waals surface area contributed by atoms with Crippen molar-refractivity contribution in [2.45, 2.75) is 20.8 Å². The van der Waals surface area contributed by atoms with Gasteiger partial charge in [0.25, 0.3) is 11.6 Å². The Bertz CT molecular complexity index is 1020. The van der Waals surface area contributed by atoms with Crippen molar-refractivity contribution in [3.8, 4) is 0 Å². The van der Waals surface area contributed by atoms with E-state index in [4.69, 9.17) is 23.2 Å². The first-order valence-corrected chi connectivity index (χ1v) is 9.18. The Labute approximate surface area is 172 Å². The van der Waals surface area contributed by atoms with Crippen LogP contribution in [0, 0.1) is 15.5 Å². The molecule has 28 heavy (non-hydrogen) atoms. The first-order valence-electron chi connectivity index (χ1n) is 8.43. The average molecular weight is 418 g/mol. The maximum absolute atomic E-state index is 13.1. The highest BCUT2D eigenvalue weighted by Crippen LogP contribution is 2.34. The Kier molecular flexibility index (Phi) is 5.28. The maximum Gasteiger partial charge on any atom is 0.280 e. The highest BCUT2D eigenvalue weighted by molar-refractivity contribution is 6.37. The van der Waals surface area contributed by atoms with Gasteiger partial charge < -0.3 is 0 Å². The van der Waals surface area contributed by atoms with Crippen molar-refractivity contribution in [3.05, 3.63) is 73.8 Å². The summed E-state index contributed by atoms with van der Waals surface area (Å²) in [6, 6.07) is 10.7. The van der Waals surface area contributed by atoms with E-state index in [0.29, 0.717) is 32.6 Å². The summed E-state index contributed by atoms with van der Waals surface area (Å²) in [6.45, 7) is 5.86. The second-order valence-corrected chi connectivity index (χ2v) is 8.16. The SMILES string of the molecule is CC(C)(C)C1=NN(c2ccc([N+](=O)[O-])cc2)C(=O)C1=Cc1ccc(Cl)cc1Cl. The Morgan fingerprint density at radius 3 is 2.29 bits per heavy atom. The number of anilines is 1. The van der Waals surface area contributed by atoms with Crippen molar-refractivity contribution in [1.82, 2.24) is 0 Å². The fraction of sp³-hybridized carbons (Fsp3) is 0.200. The molecule has 0 aromatic heterocycles. The Morgan fingerprint density at radius 1 is 1.11 bits per heavy atom. The van der Waals surface area contributed by atoms with Gasteiger partial charge in [-0.15, -0.1) is 0 Å². The monoisotopic (exact) mass is 417 g/mol. The second-order valence-electron chi connectivity index (χ2n) is 7.31. The number of halogens is 2. The molecule has 1 heterocycles. The molecule has 0 atom stereocenters. The summed E-state index contributed by atoms with van der Waals surface area (Å²) in [7, 11) is 0. The van der Waals surface area contributed by atoms with Gasteiger partial charge in [-0.25, -0.2) is 0 Å². The molecule has 0 saturated heterocycles. The van der Waals surface area contributed by atoms with E-state index in [1.807, 2.05) is 20.8 Å². The van der Waals surface area contributed by atoms with Crippen LogP contribution in [0.4, 0.5) is 11.4 Å². The van der Waals surface area contributed by atoms with Gasteiger partial charge in [-0.3, -0.25) is 14.9 Å². The van der Waals surface area contributed by atoms with Crippen molar-refractivity contribution < 1.29 is 9.72 Å². The van der Waals surface area contributed by atoms with Gasteiger partial charge in [0.2, 0.25) is 0 Å². The van der Waals surface area contributed by atoms with Crippen LogP contribution in [0.3, 0.4) is 0 Å². The summed E-state index contributed by atoms with van der Waals surface area (Å²) < 4.78 is 0. The summed E-state index contributed by atoms with van der Waals surface area (Å²) in [5.41, 5.74) is 1.64. The van der Waals surface area contributed by atoms with E-state index in [1.54, 1.807) is 24.3 Å². The van der Waals surface area contributed by atoms with Crippen molar-refractivity contribution in [3.63, 3.8) is 0 Å². The molecule has 1 amide bonds. The van der Waals surface area contributed by atoms with Crippen LogP contribution >= 0.6 is 23.2 Å². The number of amides is 1. The minimum absolute atomic E-state index is 0.0564. The lowest BCUT2D eigenvalue weighted by molar-refractivity contribution is -0.384. The number of hydrogen-bond acceptors (Lipinski definition) is 4. The molecule has 0 aliphatic carbocycles. The Morgan fingerprint density at radius 2 is 1.75 bits per heavy atom. The third kappa shape index (κ3) is 3.93. The zero-order chi connectivity index (χ0) is 20.6. The van der Waals surface area contributed by atoms with Gasteiger partial charge >= 0.3 is 0 Å². The lowest BCUT2D eigenvalue weighted by atomic mass is 9.85. The van der Waals surface area contributed by atoms with Crippen LogP contribution in [0.2, 0.25) is 10.0 Å². The highest BCUT2D eigenvalue weighted by Gasteiger charge is 2.37. The normalized spacial score (nSPS) is 15.9. The first kappa shape index (κ1) is 20.0. The molecule has 0 bridgehead atoms. The first-order chi connectivity index (χ1) is 13.1. The fourth-order valence-electron chi connectivity index (χ4n) is 2.76. The van der Waals surface area contributed by atoms with Gasteiger partial charge in [0, 0.05) is 27.6 Å². The van der Waals surface area contributed by atoms with E-state index >= 15 is 0 Å². The molecular weight excluding hydrogens is 401 g/mol. The number of nitro benzene ring substituents is 1. The van der Waals surface area contributed by atoms with E-state index in [-0.39, 0.29) is 11.6 Å². The van der Waals surface area contributed by atoms with Gasteiger partial charge in [0.05, 0.1) is 21.9 Å². The van der Waals surface area contributed by atoms with Crippen LogP contribution in [0.25, 0.3) is 6.08 Å². The number of carbonyl (C=O) groups is 1. The molecule has 144 valence electrons. The van der Waals surface area contributed by atoms with E-state index < -0.39 is 10.3 Å². The second kappa shape index (κ2) is 7.37. The molecule has 0 unspecified atom stereocenters. The quantitative estimate of drug-likeness (QED) is 0.363. The zero-order valence-corrected chi connectivity index (χ0v) is 17.0. The highest BCUT2D eigenvalue weighted by atomic mass is 35.5. The lowest BCUT2D eigenvalue weighted by Gasteiger charge is -2.18. The molecule has 0 N–H and O–H groups in total. The third-order valence-corrected chi connectivity index (χ3v) is 4.72. The lowest BCUT2D eigenvalue weighted by Crippen LogP contribution is -2.24. The van der Waals surface area contributed by atoms with Crippen LogP contribution in [-0.2, 0) is 4.79 Å². The van der Waals surface area contributed by atoms with Gasteiger partial charge in [-0.1, -0.05) is 50.0 Å². The molecule has 2 aromatic carbocycles. The predicted octanol–water partition coefficient (Wildman–Crippen LogP) is 5.73. The summed E-state index contributed by atoms with van der Waals surface area (Å²) >= 11 is 12.2. The molecule has 6 nitrogen and oxygen atoms in total. The maximum atomic E-state index is 13.1. The summed E-state index contributed by atoms with van der Waals surface area (Å²) in [5.74, 6) is -0.329. The minimum atomic E-state index is -0.493. The topological polar surface area (TPSA) is 75.8 Å². The van der Waals surface area contributed by atoms with E-state index in [2.05, 4.69) is 5.10 Å². The molecule has 3 rings (SSSR count). The van der Waals surface area contributed by atoms with Crippen molar-refractivity contribution in [2.75, 3.05) is 5.01 Å². The molecule has 0 radical (unpaired) electrons. The van der Waals surface area contributed by atoms with E-state index in [0.717, 1.165) is 0 Å². The van der Waals surface area contributed by atoms with Gasteiger partial charge in [0.15, 0.2) is 0 Å². The average Bonchev–Trinajstić information content (AvgIpc) is 2.94. The van der Waals surface area contributed by atoms with Crippen LogP contribution < -0.4 is 5.01 Å². The van der Waals surface area contributed by atoms with Crippen LogP contribution in [0.5, 0.6) is 0 Å². The summed E-state index contributed by atoms with van der Waals surface area (Å²) in [5, 5.41) is 17.5. The summed E-state index contributed by atoms with van der Waals surface area (Å²) in [4.78, 5) is 23.5. The number of nitrogens with zero attached hydrogens (tertiary/aromatic N) is 3. The smallest absolute Gasteiger partial charge is 0.267 e. The third-order valence-electron chi connectivity index (χ3n) is 4.16. The minimum Gasteiger partial charge on any atom is -0.267 e. The van der Waals surface area contributed by atoms with Crippen LogP contribution in [-0.4, -0.2) is 16.5 Å². The number of hydrogen-bond donors (Lipinski definition) is 0. The number of nitro groups is 1. The molecule has 1 aliphatic rings. The van der Waals surface area contributed by atoms with Crippen molar-refractivity contribution in [1.29, 1.82) is 0 Å². The molecule has 0 fully saturated rings. The molecular formula is C20H17Cl2N3O3. The predicted molar refractivity (Wildman–Crippen MR) is 112 cm³/mol. The molecule has 0 spiro atoms. The van der Waals surface area contributed by atoms with Gasteiger partial charge in [0.1, 0.15) is 0 Å². The Hall–Kier alpha value is -2.70. The van der Waals surface area contributed by atoms with Gasteiger partial charge in [-0.2, -0.15) is 10.1 Å². The molecule has 1 aliphatic heterocycles. The van der Waals surface area contributed by atoms with E-state index in [1.165, 1.54) is 29.3 Å². The van der Waals surface area contributed by atoms with Crippen LogP contribution in [0.1, 0.15) is 26.3 Å². The van der Waals surface area contributed by atoms with Gasteiger partial charge in [-0.05, 0) is 35.9 Å². The van der Waals surface area contributed by atoms with Crippen molar-refractivity contribution in [2.24, 2.45) is 10.5 Å². The van der Waals surface area contributed by atoms with Crippen molar-refractivity contribution >= 4 is 52.3 Å². The number of benzene rings is 2. The number of non-ortho nitro benzene ring substituents is 1. The van der Waals surface area contributed by atoms with E-state index in [9.17, 15) is 14.9 Å². The molecule has 2 aromatic rings. The summed E-state index contributed by atoms with van der Waals surface area (Å²) in [6.07, 6.45) is 1.69. The number of rotatable bonds is 3. The van der Waals surface area contributed by atoms with Crippen LogP contribution in [0.15, 0.2) is 53.1 Å². The molecule has 0 saturated carbocycles. The number of hydrazone groups is 1. The number of carbonyl (C=O) groups excluding carboxylic acids is 1. The zero-order valence-electron chi connectivity index (χ0n) is 15.4. The fourth-order valence-corrected chi connectivity index (χ4v) is 3.23. The molecule has 8 heteroatoms. The standard InChI is InChI=1S/C20H17Cl2N3O3/c1-20(2,3)18-16(10-12-4-5-13(21)11-17(12)22)19(26)24(23-18)14-6-8-15(9-7-14)25(27)28/h4-11H,1-3H3. The Balaban J connectivity index is 2.06. The largest absolute Gasteiger partial charge is 0.280 e.